The summed E-state index contributed by atoms with van der Waals surface area (Å²) in [5.41, 5.74) is 0.491. The Labute approximate surface area is 206 Å². The number of carbonyl (C=O) groups is 3. The smallest absolute Gasteiger partial charge is 0.308 e. The number of hydrogen-bond acceptors (Lipinski definition) is 6. The number of carbonyl (C=O) groups excluding carboxylic acids is 3. The van der Waals surface area contributed by atoms with E-state index in [1.54, 1.807) is 32.8 Å². The van der Waals surface area contributed by atoms with Gasteiger partial charge in [0.1, 0.15) is 23.2 Å². The number of imidazole rings is 1. The highest BCUT2D eigenvalue weighted by molar-refractivity contribution is 5.90. The van der Waals surface area contributed by atoms with Crippen molar-refractivity contribution >= 4 is 17.8 Å². The molecule has 0 spiro atoms. The van der Waals surface area contributed by atoms with Crippen LogP contribution in [0.4, 0.5) is 0 Å². The number of likely N-dealkylation sites (tertiary alicyclic amines) is 1. The summed E-state index contributed by atoms with van der Waals surface area (Å²) in [5, 5.41) is 2.62. The second-order valence-corrected chi connectivity index (χ2v) is 9.90. The molecule has 35 heavy (non-hydrogen) atoms. The quantitative estimate of drug-likeness (QED) is 0.578. The number of esters is 1. The third kappa shape index (κ3) is 7.56. The molecule has 1 fully saturated rings. The Morgan fingerprint density at radius 2 is 1.80 bits per heavy atom. The van der Waals surface area contributed by atoms with Gasteiger partial charge in [-0.25, -0.2) is 4.98 Å². The van der Waals surface area contributed by atoms with Gasteiger partial charge in [0.05, 0.1) is 13.5 Å². The van der Waals surface area contributed by atoms with Crippen LogP contribution < -0.4 is 10.1 Å². The zero-order valence-corrected chi connectivity index (χ0v) is 21.2. The van der Waals surface area contributed by atoms with Crippen LogP contribution in [0.25, 0.3) is 0 Å². The monoisotopic (exact) mass is 484 g/mol. The third-order valence-corrected chi connectivity index (χ3v) is 5.90. The summed E-state index contributed by atoms with van der Waals surface area (Å²) < 4.78 is 12.7. The highest BCUT2D eigenvalue weighted by Crippen LogP contribution is 2.28. The lowest BCUT2D eigenvalue weighted by Gasteiger charge is -2.34. The first-order valence-corrected chi connectivity index (χ1v) is 12.0. The minimum absolute atomic E-state index is 0.193. The molecule has 1 aliphatic rings. The number of nitrogens with zero attached hydrogens (tertiary/aromatic N) is 3. The van der Waals surface area contributed by atoms with Crippen molar-refractivity contribution in [1.82, 2.24) is 19.8 Å². The standard InChI is InChI=1S/C26H36N4O5/c1-18(31)28-22(16-23(32)35-26(2,3)4)25(33)29-13-10-20(11-14-29)24-27-12-15-30(24)17-19-6-8-21(34-5)9-7-19/h6-9,12,15,20,22H,10-11,13-14,16-17H2,1-5H3,(H,28,31). The zero-order chi connectivity index (χ0) is 25.6. The van der Waals surface area contributed by atoms with Gasteiger partial charge < -0.3 is 24.3 Å². The number of benzene rings is 1. The molecular weight excluding hydrogens is 448 g/mol. The highest BCUT2D eigenvalue weighted by Gasteiger charge is 2.33. The van der Waals surface area contributed by atoms with E-state index in [0.29, 0.717) is 19.6 Å². The maximum absolute atomic E-state index is 13.2. The summed E-state index contributed by atoms with van der Waals surface area (Å²) in [6.45, 7) is 8.41. The van der Waals surface area contributed by atoms with Crippen LogP contribution in [0.15, 0.2) is 36.7 Å². The van der Waals surface area contributed by atoms with Crippen LogP contribution in [0, 0.1) is 0 Å². The molecule has 2 heterocycles. The van der Waals surface area contributed by atoms with Gasteiger partial charge in [0.15, 0.2) is 0 Å². The van der Waals surface area contributed by atoms with E-state index in [-0.39, 0.29) is 24.2 Å². The van der Waals surface area contributed by atoms with Crippen molar-refractivity contribution < 1.29 is 23.9 Å². The number of ether oxygens (including phenoxy) is 2. The van der Waals surface area contributed by atoms with Gasteiger partial charge >= 0.3 is 5.97 Å². The van der Waals surface area contributed by atoms with Gasteiger partial charge in [0.2, 0.25) is 11.8 Å². The number of amides is 2. The SMILES string of the molecule is COc1ccc(Cn2ccnc2C2CCN(C(=O)C(CC(=O)OC(C)(C)C)NC(C)=O)CC2)cc1. The molecule has 0 saturated carbocycles. The number of methoxy groups -OCH3 is 1. The van der Waals surface area contributed by atoms with Crippen molar-refractivity contribution in [2.24, 2.45) is 0 Å². The van der Waals surface area contributed by atoms with E-state index in [2.05, 4.69) is 14.9 Å². The van der Waals surface area contributed by atoms with Crippen molar-refractivity contribution in [3.8, 4) is 5.75 Å². The van der Waals surface area contributed by atoms with Crippen molar-refractivity contribution in [1.29, 1.82) is 0 Å². The van der Waals surface area contributed by atoms with Gasteiger partial charge in [0.25, 0.3) is 0 Å². The molecule has 9 heteroatoms. The molecule has 1 aromatic heterocycles. The first-order valence-electron chi connectivity index (χ1n) is 12.0. The Kier molecular flexibility index (Phi) is 8.53. The van der Waals surface area contributed by atoms with Crippen molar-refractivity contribution in [3.63, 3.8) is 0 Å². The Morgan fingerprint density at radius 3 is 2.37 bits per heavy atom. The van der Waals surface area contributed by atoms with Crippen LogP contribution in [0.2, 0.25) is 0 Å². The number of aromatic nitrogens is 2. The van der Waals surface area contributed by atoms with E-state index < -0.39 is 17.6 Å². The number of rotatable bonds is 8. The fourth-order valence-electron chi connectivity index (χ4n) is 4.32. The van der Waals surface area contributed by atoms with Crippen LogP contribution in [0.5, 0.6) is 5.75 Å². The summed E-state index contributed by atoms with van der Waals surface area (Å²) in [6.07, 6.45) is 5.10. The normalized spacial score (nSPS) is 15.4. The maximum atomic E-state index is 13.2. The fraction of sp³-hybridized carbons (Fsp3) is 0.538. The molecule has 1 atom stereocenters. The average molecular weight is 485 g/mol. The van der Waals surface area contributed by atoms with Crippen molar-refractivity contribution in [2.75, 3.05) is 20.2 Å². The molecule has 9 nitrogen and oxygen atoms in total. The molecule has 1 N–H and O–H groups in total. The molecule has 3 rings (SSSR count). The van der Waals surface area contributed by atoms with E-state index >= 15 is 0 Å². The lowest BCUT2D eigenvalue weighted by atomic mass is 9.95. The van der Waals surface area contributed by atoms with Gasteiger partial charge in [-0.15, -0.1) is 0 Å². The molecule has 1 aliphatic heterocycles. The molecule has 1 unspecified atom stereocenters. The molecule has 0 aliphatic carbocycles. The lowest BCUT2D eigenvalue weighted by molar-refractivity contribution is -0.157. The maximum Gasteiger partial charge on any atom is 0.308 e. The van der Waals surface area contributed by atoms with Gasteiger partial charge in [0, 0.05) is 44.9 Å². The first kappa shape index (κ1) is 26.2. The molecule has 2 amide bonds. The van der Waals surface area contributed by atoms with Gasteiger partial charge in [-0.3, -0.25) is 14.4 Å². The van der Waals surface area contributed by atoms with E-state index in [9.17, 15) is 14.4 Å². The highest BCUT2D eigenvalue weighted by atomic mass is 16.6. The minimum Gasteiger partial charge on any atom is -0.497 e. The van der Waals surface area contributed by atoms with Crippen molar-refractivity contribution in [2.45, 2.75) is 71.1 Å². The molecule has 1 saturated heterocycles. The van der Waals surface area contributed by atoms with Crippen LogP contribution in [0.3, 0.4) is 0 Å². The predicted molar refractivity (Wildman–Crippen MR) is 131 cm³/mol. The second kappa shape index (κ2) is 11.4. The number of piperidine rings is 1. The molecule has 2 aromatic rings. The summed E-state index contributed by atoms with van der Waals surface area (Å²) in [5.74, 6) is 0.909. The van der Waals surface area contributed by atoms with Crippen molar-refractivity contribution in [3.05, 3.63) is 48.0 Å². The van der Waals surface area contributed by atoms with Crippen LogP contribution >= 0.6 is 0 Å². The van der Waals surface area contributed by atoms with Crippen LogP contribution in [-0.4, -0.2) is 64.1 Å². The summed E-state index contributed by atoms with van der Waals surface area (Å²) in [7, 11) is 1.65. The van der Waals surface area contributed by atoms with Gasteiger partial charge in [-0.05, 0) is 51.3 Å². The van der Waals surface area contributed by atoms with Crippen LogP contribution in [0.1, 0.15) is 64.3 Å². The number of hydrogen-bond donors (Lipinski definition) is 1. The largest absolute Gasteiger partial charge is 0.497 e. The molecule has 1 aromatic carbocycles. The third-order valence-electron chi connectivity index (χ3n) is 5.90. The molecule has 190 valence electrons. The predicted octanol–water partition coefficient (Wildman–Crippen LogP) is 2.88. The Bertz CT molecular complexity index is 1020. The summed E-state index contributed by atoms with van der Waals surface area (Å²) >= 11 is 0. The average Bonchev–Trinajstić information content (AvgIpc) is 3.25. The zero-order valence-electron chi connectivity index (χ0n) is 21.2. The van der Waals surface area contributed by atoms with Gasteiger partial charge in [-0.2, -0.15) is 0 Å². The van der Waals surface area contributed by atoms with E-state index in [1.165, 1.54) is 6.92 Å². The second-order valence-electron chi connectivity index (χ2n) is 9.90. The van der Waals surface area contributed by atoms with Gasteiger partial charge in [-0.1, -0.05) is 12.1 Å². The first-order chi connectivity index (χ1) is 16.6. The molecule has 0 radical (unpaired) electrons. The fourth-order valence-corrected chi connectivity index (χ4v) is 4.32. The molecular formula is C26H36N4O5. The lowest BCUT2D eigenvalue weighted by Crippen LogP contribution is -2.51. The topological polar surface area (TPSA) is 103 Å². The Morgan fingerprint density at radius 1 is 1.14 bits per heavy atom. The Hall–Kier alpha value is -3.36. The summed E-state index contributed by atoms with van der Waals surface area (Å²) in [6, 6.07) is 7.03. The van der Waals surface area contributed by atoms with E-state index in [1.807, 2.05) is 36.7 Å². The number of nitrogens with one attached hydrogen (secondary N) is 1. The van der Waals surface area contributed by atoms with E-state index in [0.717, 1.165) is 30.0 Å². The minimum atomic E-state index is -0.934. The molecule has 0 bridgehead atoms. The van der Waals surface area contributed by atoms with E-state index in [4.69, 9.17) is 9.47 Å². The van der Waals surface area contributed by atoms with Crippen LogP contribution in [-0.2, 0) is 25.7 Å². The Balaban J connectivity index is 1.61. The summed E-state index contributed by atoms with van der Waals surface area (Å²) in [4.78, 5) is 43.5.